The summed E-state index contributed by atoms with van der Waals surface area (Å²) in [4.78, 5) is 2.07. The second-order valence-corrected chi connectivity index (χ2v) is 4.34. The van der Waals surface area contributed by atoms with Gasteiger partial charge in [0, 0.05) is 18.2 Å². The van der Waals surface area contributed by atoms with Gasteiger partial charge in [0.05, 0.1) is 0 Å². The predicted molar refractivity (Wildman–Crippen MR) is 65.5 cm³/mol. The van der Waals surface area contributed by atoms with Gasteiger partial charge in [-0.1, -0.05) is 5.16 Å². The minimum Gasteiger partial charge on any atom is -0.409 e. The van der Waals surface area contributed by atoms with E-state index in [0.29, 0.717) is 18.2 Å². The van der Waals surface area contributed by atoms with Crippen LogP contribution in [0, 0.1) is 5.82 Å². The zero-order chi connectivity index (χ0) is 13.0. The normalized spacial score (nSPS) is 12.5. The molecular formula is C12H18FN3O. The number of benzene rings is 1. The minimum atomic E-state index is -0.388. The van der Waals surface area contributed by atoms with E-state index in [1.165, 1.54) is 12.1 Å². The van der Waals surface area contributed by atoms with Crippen molar-refractivity contribution in [3.8, 4) is 0 Å². The van der Waals surface area contributed by atoms with Gasteiger partial charge in [0.25, 0.3) is 0 Å². The van der Waals surface area contributed by atoms with E-state index in [9.17, 15) is 4.39 Å². The number of halogens is 1. The highest BCUT2D eigenvalue weighted by Crippen LogP contribution is 2.12. The Morgan fingerprint density at radius 3 is 2.65 bits per heavy atom. The molecule has 1 aromatic rings. The summed E-state index contributed by atoms with van der Waals surface area (Å²) in [6.07, 6.45) is 0. The fourth-order valence-corrected chi connectivity index (χ4v) is 1.42. The van der Waals surface area contributed by atoms with Crippen molar-refractivity contribution in [3.05, 3.63) is 35.1 Å². The lowest BCUT2D eigenvalue weighted by Crippen LogP contribution is -2.26. The third kappa shape index (κ3) is 3.71. The van der Waals surface area contributed by atoms with Crippen LogP contribution in [0.5, 0.6) is 0 Å². The molecule has 0 heterocycles. The Kier molecular flexibility index (Phi) is 4.45. The Morgan fingerprint density at radius 2 is 2.12 bits per heavy atom. The smallest absolute Gasteiger partial charge is 0.170 e. The Labute approximate surface area is 101 Å². The van der Waals surface area contributed by atoms with Crippen molar-refractivity contribution >= 4 is 5.84 Å². The van der Waals surface area contributed by atoms with Crippen LogP contribution in [0.15, 0.2) is 23.4 Å². The van der Waals surface area contributed by atoms with Gasteiger partial charge in [-0.25, -0.2) is 4.39 Å². The highest BCUT2D eigenvalue weighted by atomic mass is 19.1. The lowest BCUT2D eigenvalue weighted by Gasteiger charge is -2.21. The van der Waals surface area contributed by atoms with E-state index in [4.69, 9.17) is 10.9 Å². The number of hydrogen-bond acceptors (Lipinski definition) is 3. The molecule has 17 heavy (non-hydrogen) atoms. The summed E-state index contributed by atoms with van der Waals surface area (Å²) < 4.78 is 13.4. The van der Waals surface area contributed by atoms with Gasteiger partial charge in [-0.15, -0.1) is 0 Å². The monoisotopic (exact) mass is 239 g/mol. The minimum absolute atomic E-state index is 0.0852. The maximum Gasteiger partial charge on any atom is 0.170 e. The largest absolute Gasteiger partial charge is 0.409 e. The number of hydrogen-bond donors (Lipinski definition) is 2. The molecule has 4 nitrogen and oxygen atoms in total. The molecule has 5 heteroatoms. The molecule has 0 spiro atoms. The van der Waals surface area contributed by atoms with Crippen molar-refractivity contribution in [1.82, 2.24) is 4.90 Å². The second-order valence-electron chi connectivity index (χ2n) is 4.34. The SMILES string of the molecule is CC(C)N(C)Cc1cc(F)cc(/C(N)=N/O)c1. The van der Waals surface area contributed by atoms with Crippen LogP contribution in [0.1, 0.15) is 25.0 Å². The third-order valence-corrected chi connectivity index (χ3v) is 2.67. The molecule has 1 aromatic carbocycles. The first-order chi connectivity index (χ1) is 7.93. The molecule has 0 unspecified atom stereocenters. The Morgan fingerprint density at radius 1 is 1.47 bits per heavy atom. The van der Waals surface area contributed by atoms with Crippen LogP contribution >= 0.6 is 0 Å². The summed E-state index contributed by atoms with van der Waals surface area (Å²) in [5.74, 6) is -0.473. The molecule has 1 rings (SSSR count). The molecule has 0 amide bonds. The van der Waals surface area contributed by atoms with Crippen molar-refractivity contribution in [2.75, 3.05) is 7.05 Å². The van der Waals surface area contributed by atoms with E-state index in [0.717, 1.165) is 5.56 Å². The number of amidine groups is 1. The summed E-state index contributed by atoms with van der Waals surface area (Å²) in [5.41, 5.74) is 6.63. The number of rotatable bonds is 4. The summed E-state index contributed by atoms with van der Waals surface area (Å²) in [6.45, 7) is 4.73. The van der Waals surface area contributed by atoms with Crippen molar-refractivity contribution in [2.45, 2.75) is 26.4 Å². The molecule has 0 fully saturated rings. The summed E-state index contributed by atoms with van der Waals surface area (Å²) >= 11 is 0. The van der Waals surface area contributed by atoms with E-state index in [1.54, 1.807) is 6.07 Å². The highest BCUT2D eigenvalue weighted by Gasteiger charge is 2.08. The zero-order valence-corrected chi connectivity index (χ0v) is 10.3. The van der Waals surface area contributed by atoms with Crippen LogP contribution < -0.4 is 5.73 Å². The van der Waals surface area contributed by atoms with Gasteiger partial charge in [-0.3, -0.25) is 4.90 Å². The van der Waals surface area contributed by atoms with Crippen LogP contribution in [0.2, 0.25) is 0 Å². The molecule has 0 atom stereocenters. The molecule has 0 aromatic heterocycles. The van der Waals surface area contributed by atoms with Crippen LogP contribution in [-0.2, 0) is 6.54 Å². The lowest BCUT2D eigenvalue weighted by atomic mass is 10.1. The van der Waals surface area contributed by atoms with Crippen molar-refractivity contribution in [1.29, 1.82) is 0 Å². The van der Waals surface area contributed by atoms with E-state index in [2.05, 4.69) is 23.9 Å². The van der Waals surface area contributed by atoms with E-state index in [1.807, 2.05) is 7.05 Å². The van der Waals surface area contributed by atoms with E-state index >= 15 is 0 Å². The molecule has 0 radical (unpaired) electrons. The fraction of sp³-hybridized carbons (Fsp3) is 0.417. The van der Waals surface area contributed by atoms with Gasteiger partial charge in [0.2, 0.25) is 0 Å². The summed E-state index contributed by atoms with van der Waals surface area (Å²) in [7, 11) is 1.96. The molecule has 0 saturated heterocycles. The molecule has 94 valence electrons. The van der Waals surface area contributed by atoms with Crippen LogP contribution in [-0.4, -0.2) is 29.0 Å². The van der Waals surface area contributed by atoms with Gasteiger partial charge in [0.1, 0.15) is 5.82 Å². The van der Waals surface area contributed by atoms with Crippen molar-refractivity contribution < 1.29 is 9.60 Å². The first-order valence-electron chi connectivity index (χ1n) is 5.41. The molecular weight excluding hydrogens is 221 g/mol. The van der Waals surface area contributed by atoms with Crippen LogP contribution in [0.25, 0.3) is 0 Å². The predicted octanol–water partition coefficient (Wildman–Crippen LogP) is 1.76. The molecule has 3 N–H and O–H groups in total. The summed E-state index contributed by atoms with van der Waals surface area (Å²) in [5, 5.41) is 11.4. The maximum atomic E-state index is 13.4. The molecule has 0 aliphatic carbocycles. The van der Waals surface area contributed by atoms with Gasteiger partial charge in [0.15, 0.2) is 5.84 Å². The second kappa shape index (κ2) is 5.63. The Balaban J connectivity index is 2.98. The fourth-order valence-electron chi connectivity index (χ4n) is 1.42. The first-order valence-corrected chi connectivity index (χ1v) is 5.41. The average Bonchev–Trinajstić information content (AvgIpc) is 2.26. The first kappa shape index (κ1) is 13.4. The van der Waals surface area contributed by atoms with Gasteiger partial charge < -0.3 is 10.9 Å². The standard InChI is InChI=1S/C12H18FN3O/c1-8(2)16(3)7-9-4-10(12(14)15-17)6-11(13)5-9/h4-6,8,17H,7H2,1-3H3,(H2,14,15). The highest BCUT2D eigenvalue weighted by molar-refractivity contribution is 5.97. The molecule has 0 aliphatic rings. The van der Waals surface area contributed by atoms with Gasteiger partial charge >= 0.3 is 0 Å². The lowest BCUT2D eigenvalue weighted by molar-refractivity contribution is 0.265. The molecule has 0 bridgehead atoms. The Bertz CT molecular complexity index is 418. The van der Waals surface area contributed by atoms with Crippen LogP contribution in [0.4, 0.5) is 4.39 Å². The average molecular weight is 239 g/mol. The van der Waals surface area contributed by atoms with E-state index in [-0.39, 0.29) is 11.7 Å². The number of nitrogens with zero attached hydrogens (tertiary/aromatic N) is 2. The number of nitrogens with two attached hydrogens (primary N) is 1. The van der Waals surface area contributed by atoms with E-state index < -0.39 is 0 Å². The third-order valence-electron chi connectivity index (χ3n) is 2.67. The van der Waals surface area contributed by atoms with Crippen LogP contribution in [0.3, 0.4) is 0 Å². The Hall–Kier alpha value is -1.62. The maximum absolute atomic E-state index is 13.4. The number of oxime groups is 1. The van der Waals surface area contributed by atoms with Crippen molar-refractivity contribution in [3.63, 3.8) is 0 Å². The van der Waals surface area contributed by atoms with Gasteiger partial charge in [-0.2, -0.15) is 0 Å². The van der Waals surface area contributed by atoms with Crippen molar-refractivity contribution in [2.24, 2.45) is 10.9 Å². The summed E-state index contributed by atoms with van der Waals surface area (Å²) in [6, 6.07) is 4.78. The topological polar surface area (TPSA) is 61.8 Å². The molecule has 0 saturated carbocycles. The molecule has 0 aliphatic heterocycles. The quantitative estimate of drug-likeness (QED) is 0.364. The zero-order valence-electron chi connectivity index (χ0n) is 10.3. The van der Waals surface area contributed by atoms with Gasteiger partial charge in [-0.05, 0) is 44.7 Å².